The van der Waals surface area contributed by atoms with Gasteiger partial charge in [-0.05, 0) is 69.4 Å². The van der Waals surface area contributed by atoms with Crippen LogP contribution in [0.4, 0.5) is 0 Å². The van der Waals surface area contributed by atoms with E-state index >= 15 is 0 Å². The fraction of sp³-hybridized carbons (Fsp3) is 0.722. The van der Waals surface area contributed by atoms with Gasteiger partial charge in [-0.25, -0.2) is 0 Å². The highest BCUT2D eigenvalue weighted by Gasteiger charge is 2.12. The number of aromatic nitrogens is 1. The molecule has 0 bridgehead atoms. The molecule has 1 aromatic rings. The summed E-state index contributed by atoms with van der Waals surface area (Å²) >= 11 is 0. The van der Waals surface area contributed by atoms with Crippen LogP contribution in [0.15, 0.2) is 18.5 Å². The zero-order chi connectivity index (χ0) is 14.3. The van der Waals surface area contributed by atoms with Gasteiger partial charge in [0.15, 0.2) is 0 Å². The maximum atomic E-state index is 4.47. The smallest absolute Gasteiger partial charge is 0.0313 e. The van der Waals surface area contributed by atoms with Gasteiger partial charge in [-0.1, -0.05) is 18.9 Å². The van der Waals surface area contributed by atoms with E-state index in [1.165, 1.54) is 82.4 Å². The van der Waals surface area contributed by atoms with Gasteiger partial charge in [0.1, 0.15) is 0 Å². The second-order valence-corrected chi connectivity index (χ2v) is 6.69. The topological polar surface area (TPSA) is 19.4 Å². The monoisotopic (exact) mass is 287 g/mol. The van der Waals surface area contributed by atoms with Crippen molar-refractivity contribution >= 4 is 0 Å². The molecule has 2 aliphatic heterocycles. The lowest BCUT2D eigenvalue weighted by Crippen LogP contribution is -2.31. The lowest BCUT2D eigenvalue weighted by atomic mass is 10.1. The molecule has 0 aromatic carbocycles. The Morgan fingerprint density at radius 2 is 1.38 bits per heavy atom. The molecule has 116 valence electrons. The van der Waals surface area contributed by atoms with Crippen molar-refractivity contribution in [3.05, 3.63) is 29.6 Å². The molecule has 0 saturated carbocycles. The molecule has 0 radical (unpaired) electrons. The fourth-order valence-electron chi connectivity index (χ4n) is 3.61. The number of pyridine rings is 1. The van der Waals surface area contributed by atoms with Gasteiger partial charge in [0.25, 0.3) is 0 Å². The average Bonchev–Trinajstić information content (AvgIpc) is 2.55. The summed E-state index contributed by atoms with van der Waals surface area (Å²) in [6.45, 7) is 7.40. The number of hydrogen-bond acceptors (Lipinski definition) is 3. The Bertz CT molecular complexity index is 420. The molecular formula is C18H29N3. The van der Waals surface area contributed by atoms with Crippen molar-refractivity contribution in [1.29, 1.82) is 0 Å². The largest absolute Gasteiger partial charge is 0.303 e. The first-order chi connectivity index (χ1) is 10.4. The van der Waals surface area contributed by atoms with Crippen molar-refractivity contribution < 1.29 is 0 Å². The summed E-state index contributed by atoms with van der Waals surface area (Å²) in [6, 6.07) is 2.38. The molecule has 0 atom stereocenters. The summed E-state index contributed by atoms with van der Waals surface area (Å²) in [5.41, 5.74) is 2.81. The van der Waals surface area contributed by atoms with Crippen LogP contribution in [-0.4, -0.2) is 47.5 Å². The molecule has 3 nitrogen and oxygen atoms in total. The van der Waals surface area contributed by atoms with Gasteiger partial charge in [-0.2, -0.15) is 0 Å². The number of likely N-dealkylation sites (tertiary alicyclic amines) is 2. The molecule has 0 amide bonds. The third-order valence-electron chi connectivity index (χ3n) is 4.87. The molecule has 3 heteroatoms. The minimum atomic E-state index is 1.09. The summed E-state index contributed by atoms with van der Waals surface area (Å²) in [6.07, 6.45) is 13.6. The molecule has 1 aromatic heterocycles. The zero-order valence-electron chi connectivity index (χ0n) is 13.3. The van der Waals surface area contributed by atoms with E-state index in [4.69, 9.17) is 0 Å². The van der Waals surface area contributed by atoms with Gasteiger partial charge in [-0.3, -0.25) is 9.88 Å². The van der Waals surface area contributed by atoms with Crippen molar-refractivity contribution in [2.45, 2.75) is 51.5 Å². The minimum Gasteiger partial charge on any atom is -0.303 e. The standard InChI is InChI=1S/C18H29N3/c1-3-8-20(9-4-1)12-7-17-13-18(15-19-14-17)16-21-10-5-2-6-11-21/h13-15H,1-12,16H2. The van der Waals surface area contributed by atoms with Gasteiger partial charge in [0.05, 0.1) is 0 Å². The molecule has 0 spiro atoms. The second-order valence-electron chi connectivity index (χ2n) is 6.69. The number of rotatable bonds is 5. The molecule has 0 aliphatic carbocycles. The molecule has 0 N–H and O–H groups in total. The van der Waals surface area contributed by atoms with E-state index in [2.05, 4.69) is 33.2 Å². The van der Waals surface area contributed by atoms with Gasteiger partial charge in [0.2, 0.25) is 0 Å². The first kappa shape index (κ1) is 15.0. The highest BCUT2D eigenvalue weighted by molar-refractivity contribution is 5.18. The van der Waals surface area contributed by atoms with Crippen LogP contribution in [0, 0.1) is 0 Å². The summed E-state index contributed by atoms with van der Waals surface area (Å²) in [4.78, 5) is 9.66. The van der Waals surface area contributed by atoms with Gasteiger partial charge < -0.3 is 4.90 Å². The quantitative estimate of drug-likeness (QED) is 0.829. The van der Waals surface area contributed by atoms with Crippen molar-refractivity contribution in [3.63, 3.8) is 0 Å². The molecule has 2 aliphatic rings. The van der Waals surface area contributed by atoms with E-state index in [0.717, 1.165) is 13.0 Å². The summed E-state index contributed by atoms with van der Waals surface area (Å²) < 4.78 is 0. The zero-order valence-corrected chi connectivity index (χ0v) is 13.3. The first-order valence-electron chi connectivity index (χ1n) is 8.78. The Kier molecular flexibility index (Phi) is 5.64. The molecule has 0 unspecified atom stereocenters. The normalized spacial score (nSPS) is 21.5. The van der Waals surface area contributed by atoms with Gasteiger partial charge >= 0.3 is 0 Å². The Morgan fingerprint density at radius 1 is 0.762 bits per heavy atom. The van der Waals surface area contributed by atoms with Crippen LogP contribution < -0.4 is 0 Å². The van der Waals surface area contributed by atoms with E-state index in [1.807, 2.05) is 0 Å². The summed E-state index contributed by atoms with van der Waals surface area (Å²) in [5.74, 6) is 0. The SMILES string of the molecule is c1ncc(CN2CCCCC2)cc1CCN1CCCCC1. The Balaban J connectivity index is 1.50. The van der Waals surface area contributed by atoms with Crippen molar-refractivity contribution in [2.24, 2.45) is 0 Å². The van der Waals surface area contributed by atoms with Crippen molar-refractivity contribution in [1.82, 2.24) is 14.8 Å². The van der Waals surface area contributed by atoms with Crippen LogP contribution in [0.2, 0.25) is 0 Å². The highest BCUT2D eigenvalue weighted by Crippen LogP contribution is 2.14. The first-order valence-corrected chi connectivity index (χ1v) is 8.78. The Labute approximate surface area is 129 Å². The van der Waals surface area contributed by atoms with Crippen LogP contribution in [0.25, 0.3) is 0 Å². The molecule has 21 heavy (non-hydrogen) atoms. The minimum absolute atomic E-state index is 1.09. The number of hydrogen-bond donors (Lipinski definition) is 0. The van der Waals surface area contributed by atoms with E-state index in [0.29, 0.717) is 0 Å². The lowest BCUT2D eigenvalue weighted by Gasteiger charge is -2.27. The third-order valence-corrected chi connectivity index (χ3v) is 4.87. The van der Waals surface area contributed by atoms with Crippen LogP contribution in [0.5, 0.6) is 0 Å². The van der Waals surface area contributed by atoms with E-state index < -0.39 is 0 Å². The van der Waals surface area contributed by atoms with Crippen molar-refractivity contribution in [3.8, 4) is 0 Å². The van der Waals surface area contributed by atoms with Crippen LogP contribution in [0.3, 0.4) is 0 Å². The maximum absolute atomic E-state index is 4.47. The maximum Gasteiger partial charge on any atom is 0.0313 e. The van der Waals surface area contributed by atoms with Gasteiger partial charge in [-0.15, -0.1) is 0 Å². The summed E-state index contributed by atoms with van der Waals surface area (Å²) in [5, 5.41) is 0. The second kappa shape index (κ2) is 7.90. The predicted octanol–water partition coefficient (Wildman–Crippen LogP) is 3.10. The number of piperidine rings is 2. The predicted molar refractivity (Wildman–Crippen MR) is 87.4 cm³/mol. The third kappa shape index (κ3) is 4.79. The lowest BCUT2D eigenvalue weighted by molar-refractivity contribution is 0.220. The molecule has 3 rings (SSSR count). The molecule has 3 heterocycles. The summed E-state index contributed by atoms with van der Waals surface area (Å²) in [7, 11) is 0. The molecular weight excluding hydrogens is 258 g/mol. The highest BCUT2D eigenvalue weighted by atomic mass is 15.1. The van der Waals surface area contributed by atoms with E-state index in [-0.39, 0.29) is 0 Å². The van der Waals surface area contributed by atoms with Crippen LogP contribution in [0.1, 0.15) is 49.7 Å². The van der Waals surface area contributed by atoms with E-state index in [1.54, 1.807) is 0 Å². The van der Waals surface area contributed by atoms with Gasteiger partial charge in [0, 0.05) is 25.5 Å². The molecule has 2 saturated heterocycles. The fourth-order valence-corrected chi connectivity index (χ4v) is 3.61. The van der Waals surface area contributed by atoms with Crippen LogP contribution >= 0.6 is 0 Å². The average molecular weight is 287 g/mol. The Hall–Kier alpha value is -0.930. The number of nitrogens with zero attached hydrogens (tertiary/aromatic N) is 3. The Morgan fingerprint density at radius 3 is 2.10 bits per heavy atom. The van der Waals surface area contributed by atoms with Crippen molar-refractivity contribution in [2.75, 3.05) is 32.7 Å². The van der Waals surface area contributed by atoms with E-state index in [9.17, 15) is 0 Å². The van der Waals surface area contributed by atoms with Crippen LogP contribution in [-0.2, 0) is 13.0 Å². The molecule has 2 fully saturated rings.